The third kappa shape index (κ3) is 2.07. The molecule has 0 amide bonds. The van der Waals surface area contributed by atoms with E-state index in [0.29, 0.717) is 5.92 Å². The van der Waals surface area contributed by atoms with Gasteiger partial charge in [-0.25, -0.2) is 0 Å². The second-order valence-corrected chi connectivity index (χ2v) is 5.11. The summed E-state index contributed by atoms with van der Waals surface area (Å²) >= 11 is 0. The van der Waals surface area contributed by atoms with Crippen LogP contribution in [0.25, 0.3) is 11.1 Å². The Bertz CT molecular complexity index is 512. The summed E-state index contributed by atoms with van der Waals surface area (Å²) in [7, 11) is 0. The van der Waals surface area contributed by atoms with Crippen LogP contribution in [0.3, 0.4) is 0 Å². The molecule has 2 aliphatic carbocycles. The number of aliphatic hydroxyl groups excluding tert-OH is 1. The standard InChI is InChI=1S/C16H20O/c1-10(2)13-6-5-11(3)16-14(9-17)7-12(4)15(16)8-13/h5-8,10,17H,9H2,1-4H3. The van der Waals surface area contributed by atoms with Crippen molar-refractivity contribution >= 4 is 0 Å². The van der Waals surface area contributed by atoms with Crippen molar-refractivity contribution in [2.45, 2.75) is 40.2 Å². The maximum atomic E-state index is 9.43. The van der Waals surface area contributed by atoms with E-state index in [1.165, 1.54) is 27.8 Å². The van der Waals surface area contributed by atoms with Crippen LogP contribution in [0.15, 0.2) is 24.3 Å². The summed E-state index contributed by atoms with van der Waals surface area (Å²) < 4.78 is 0. The molecule has 17 heavy (non-hydrogen) atoms. The molecule has 0 unspecified atom stereocenters. The van der Waals surface area contributed by atoms with Gasteiger partial charge in [0.1, 0.15) is 0 Å². The fourth-order valence-electron chi connectivity index (χ4n) is 2.44. The van der Waals surface area contributed by atoms with Crippen LogP contribution in [0.2, 0.25) is 0 Å². The van der Waals surface area contributed by atoms with Crippen molar-refractivity contribution in [3.05, 3.63) is 46.5 Å². The van der Waals surface area contributed by atoms with E-state index in [2.05, 4.69) is 52.0 Å². The summed E-state index contributed by atoms with van der Waals surface area (Å²) in [6, 6.07) is 8.72. The third-order valence-electron chi connectivity index (χ3n) is 3.47. The van der Waals surface area contributed by atoms with Gasteiger partial charge in [0.05, 0.1) is 6.61 Å². The predicted octanol–water partition coefficient (Wildman–Crippen LogP) is 4.02. The van der Waals surface area contributed by atoms with E-state index >= 15 is 0 Å². The second kappa shape index (κ2) is 4.50. The first-order valence-corrected chi connectivity index (χ1v) is 6.18. The molecule has 0 saturated heterocycles. The first-order chi connectivity index (χ1) is 8.04. The van der Waals surface area contributed by atoms with Gasteiger partial charge < -0.3 is 5.11 Å². The van der Waals surface area contributed by atoms with Crippen LogP contribution >= 0.6 is 0 Å². The first kappa shape index (κ1) is 12.1. The molecule has 0 aromatic carbocycles. The third-order valence-corrected chi connectivity index (χ3v) is 3.47. The van der Waals surface area contributed by atoms with E-state index in [1.807, 2.05) is 0 Å². The van der Waals surface area contributed by atoms with E-state index in [9.17, 15) is 5.11 Å². The summed E-state index contributed by atoms with van der Waals surface area (Å²) in [4.78, 5) is 0. The highest BCUT2D eigenvalue weighted by Crippen LogP contribution is 2.35. The summed E-state index contributed by atoms with van der Waals surface area (Å²) in [6.07, 6.45) is 0. The average Bonchev–Trinajstić information content (AvgIpc) is 2.48. The molecule has 0 bridgehead atoms. The van der Waals surface area contributed by atoms with Gasteiger partial charge in [-0.2, -0.15) is 0 Å². The fraction of sp³-hybridized carbons (Fsp3) is 0.375. The minimum atomic E-state index is 0.117. The van der Waals surface area contributed by atoms with Gasteiger partial charge in [-0.05, 0) is 53.1 Å². The van der Waals surface area contributed by atoms with Gasteiger partial charge in [0.2, 0.25) is 0 Å². The van der Waals surface area contributed by atoms with Crippen molar-refractivity contribution in [1.29, 1.82) is 0 Å². The van der Waals surface area contributed by atoms with Gasteiger partial charge in [-0.3, -0.25) is 0 Å². The lowest BCUT2D eigenvalue weighted by Crippen LogP contribution is -1.85. The van der Waals surface area contributed by atoms with Crippen molar-refractivity contribution < 1.29 is 5.11 Å². The SMILES string of the molecule is Cc1cc(CO)c2c(C)ccc(C(C)C)cc1-2. The van der Waals surface area contributed by atoms with E-state index in [1.54, 1.807) is 0 Å². The van der Waals surface area contributed by atoms with Crippen LogP contribution in [-0.2, 0) is 6.61 Å². The van der Waals surface area contributed by atoms with Crippen molar-refractivity contribution in [3.8, 4) is 11.1 Å². The Morgan fingerprint density at radius 3 is 2.35 bits per heavy atom. The highest BCUT2D eigenvalue weighted by Gasteiger charge is 2.15. The monoisotopic (exact) mass is 228 g/mol. The topological polar surface area (TPSA) is 20.2 Å². The fourth-order valence-corrected chi connectivity index (χ4v) is 2.44. The van der Waals surface area contributed by atoms with E-state index in [0.717, 1.165) is 5.56 Å². The molecular formula is C16H20O. The number of hydrogen-bond donors (Lipinski definition) is 1. The molecule has 90 valence electrons. The van der Waals surface area contributed by atoms with Gasteiger partial charge in [-0.1, -0.05) is 38.1 Å². The second-order valence-electron chi connectivity index (χ2n) is 5.11. The lowest BCUT2D eigenvalue weighted by Gasteiger charge is -2.04. The largest absolute Gasteiger partial charge is 0.392 e. The Hall–Kier alpha value is -1.34. The van der Waals surface area contributed by atoms with Crippen LogP contribution in [0.1, 0.15) is 42.0 Å². The maximum absolute atomic E-state index is 9.43. The van der Waals surface area contributed by atoms with E-state index in [-0.39, 0.29) is 6.61 Å². The Morgan fingerprint density at radius 1 is 1.06 bits per heavy atom. The zero-order valence-electron chi connectivity index (χ0n) is 11.0. The summed E-state index contributed by atoms with van der Waals surface area (Å²) in [5, 5.41) is 9.43. The molecule has 1 N–H and O–H groups in total. The number of hydrogen-bond acceptors (Lipinski definition) is 1. The zero-order valence-corrected chi connectivity index (χ0v) is 11.0. The molecule has 1 nitrogen and oxygen atoms in total. The molecule has 0 radical (unpaired) electrons. The average molecular weight is 228 g/mol. The Labute approximate surface area is 103 Å². The number of rotatable bonds is 2. The predicted molar refractivity (Wildman–Crippen MR) is 72.5 cm³/mol. The lowest BCUT2D eigenvalue weighted by molar-refractivity contribution is 0.282. The highest BCUT2D eigenvalue weighted by atomic mass is 16.3. The summed E-state index contributed by atoms with van der Waals surface area (Å²) in [6.45, 7) is 8.77. The van der Waals surface area contributed by atoms with Crippen LogP contribution in [0.5, 0.6) is 0 Å². The van der Waals surface area contributed by atoms with Gasteiger partial charge in [0.15, 0.2) is 0 Å². The molecule has 1 heteroatoms. The molecule has 0 aliphatic heterocycles. The van der Waals surface area contributed by atoms with Gasteiger partial charge in [0, 0.05) is 0 Å². The molecule has 0 spiro atoms. The Kier molecular flexibility index (Phi) is 3.21. The normalized spacial score (nSPS) is 11.4. The van der Waals surface area contributed by atoms with Crippen LogP contribution in [0.4, 0.5) is 0 Å². The zero-order chi connectivity index (χ0) is 12.6. The van der Waals surface area contributed by atoms with Gasteiger partial charge >= 0.3 is 0 Å². The molecule has 2 rings (SSSR count). The molecule has 0 heterocycles. The minimum absolute atomic E-state index is 0.117. The van der Waals surface area contributed by atoms with Crippen LogP contribution in [-0.4, -0.2) is 5.11 Å². The van der Waals surface area contributed by atoms with Crippen LogP contribution < -0.4 is 0 Å². The molecule has 0 aromatic rings. The maximum Gasteiger partial charge on any atom is 0.0688 e. The van der Waals surface area contributed by atoms with Crippen LogP contribution in [0, 0.1) is 13.8 Å². The van der Waals surface area contributed by atoms with Crippen molar-refractivity contribution in [2.24, 2.45) is 0 Å². The molecule has 0 saturated carbocycles. The van der Waals surface area contributed by atoms with Gasteiger partial charge in [-0.15, -0.1) is 0 Å². The van der Waals surface area contributed by atoms with E-state index < -0.39 is 0 Å². The number of fused-ring (bicyclic) bond motifs is 1. The first-order valence-electron chi connectivity index (χ1n) is 6.18. The summed E-state index contributed by atoms with van der Waals surface area (Å²) in [5.41, 5.74) is 7.38. The minimum Gasteiger partial charge on any atom is -0.392 e. The Balaban J connectivity index is 2.74. The molecular weight excluding hydrogens is 208 g/mol. The van der Waals surface area contributed by atoms with Crippen molar-refractivity contribution in [2.75, 3.05) is 0 Å². The smallest absolute Gasteiger partial charge is 0.0688 e. The van der Waals surface area contributed by atoms with Crippen molar-refractivity contribution in [3.63, 3.8) is 0 Å². The lowest BCUT2D eigenvalue weighted by atomic mass is 10.0. The molecule has 2 aliphatic rings. The quantitative estimate of drug-likeness (QED) is 0.823. The number of aliphatic hydroxyl groups is 1. The molecule has 0 fully saturated rings. The van der Waals surface area contributed by atoms with Crippen molar-refractivity contribution in [1.82, 2.24) is 0 Å². The number of aryl methyl sites for hydroxylation is 2. The summed E-state index contributed by atoms with van der Waals surface area (Å²) in [5.74, 6) is 0.525. The molecule has 0 atom stereocenters. The highest BCUT2D eigenvalue weighted by molar-refractivity contribution is 5.77. The van der Waals surface area contributed by atoms with E-state index in [4.69, 9.17) is 0 Å². The Morgan fingerprint density at radius 2 is 1.76 bits per heavy atom. The van der Waals surface area contributed by atoms with Gasteiger partial charge in [0.25, 0.3) is 0 Å². The molecule has 0 aromatic heterocycles.